The summed E-state index contributed by atoms with van der Waals surface area (Å²) < 4.78 is 20.2. The minimum Gasteiger partial charge on any atom is -0.482 e. The van der Waals surface area contributed by atoms with Crippen molar-refractivity contribution in [1.29, 1.82) is 0 Å². The van der Waals surface area contributed by atoms with E-state index in [-0.39, 0.29) is 29.4 Å². The van der Waals surface area contributed by atoms with E-state index in [0.717, 1.165) is 16.3 Å². The average Bonchev–Trinajstić information content (AvgIpc) is 3.06. The van der Waals surface area contributed by atoms with Gasteiger partial charge in [0, 0.05) is 42.6 Å². The Morgan fingerprint density at radius 1 is 1.12 bits per heavy atom. The van der Waals surface area contributed by atoms with Gasteiger partial charge >= 0.3 is 0 Å². The van der Waals surface area contributed by atoms with E-state index < -0.39 is 5.60 Å². The standard InChI is InChI=1S/C21H18Cl2FN5OS.ClH/c22-17-14(4-7-26-20(17)23)31-16-11-27-15(10-28-16)29-8-5-21(6-9-29)19(25)12-2-1-3-13(24)18(12)30-21;/h1-4,7,10-11,19H,5-6,8-9,25H2;1H/t19-;/m1./s1. The molecule has 6 nitrogen and oxygen atoms in total. The number of nitrogens with zero attached hydrogens (tertiary/aromatic N) is 4. The lowest BCUT2D eigenvalue weighted by atomic mass is 9.83. The number of para-hydroxylation sites is 1. The molecule has 2 aliphatic heterocycles. The van der Waals surface area contributed by atoms with E-state index in [1.165, 1.54) is 17.8 Å². The second-order valence-corrected chi connectivity index (χ2v) is 9.32. The van der Waals surface area contributed by atoms with Gasteiger partial charge in [0.05, 0.1) is 23.5 Å². The highest BCUT2D eigenvalue weighted by Gasteiger charge is 2.49. The minimum atomic E-state index is -0.582. The second kappa shape index (κ2) is 9.19. The summed E-state index contributed by atoms with van der Waals surface area (Å²) in [6.45, 7) is 1.38. The van der Waals surface area contributed by atoms with Crippen LogP contribution in [0.25, 0.3) is 0 Å². The van der Waals surface area contributed by atoms with Crippen molar-refractivity contribution in [3.63, 3.8) is 0 Å². The van der Waals surface area contributed by atoms with Crippen LogP contribution >= 0.6 is 47.4 Å². The van der Waals surface area contributed by atoms with Crippen LogP contribution < -0.4 is 15.4 Å². The third kappa shape index (κ3) is 4.10. The molecule has 0 saturated carbocycles. The average molecular weight is 515 g/mol. The smallest absolute Gasteiger partial charge is 0.165 e. The molecule has 1 atom stereocenters. The lowest BCUT2D eigenvalue weighted by Gasteiger charge is -2.41. The third-order valence-electron chi connectivity index (χ3n) is 5.78. The van der Waals surface area contributed by atoms with Gasteiger partial charge in [0.1, 0.15) is 21.6 Å². The molecule has 5 rings (SSSR count). The first-order valence-electron chi connectivity index (χ1n) is 9.75. The van der Waals surface area contributed by atoms with Gasteiger partial charge in [-0.15, -0.1) is 12.4 Å². The summed E-state index contributed by atoms with van der Waals surface area (Å²) in [4.78, 5) is 15.9. The van der Waals surface area contributed by atoms with Crippen molar-refractivity contribution in [1.82, 2.24) is 15.0 Å². The summed E-state index contributed by atoms with van der Waals surface area (Å²) in [6, 6.07) is 6.36. The predicted octanol–water partition coefficient (Wildman–Crippen LogP) is 5.32. The molecule has 2 aromatic heterocycles. The van der Waals surface area contributed by atoms with Gasteiger partial charge in [0.2, 0.25) is 0 Å². The lowest BCUT2D eigenvalue weighted by molar-refractivity contribution is 0.0402. The maximum Gasteiger partial charge on any atom is 0.165 e. The fourth-order valence-electron chi connectivity index (χ4n) is 4.07. The Morgan fingerprint density at radius 3 is 2.59 bits per heavy atom. The quantitative estimate of drug-likeness (QED) is 0.474. The monoisotopic (exact) mass is 513 g/mol. The van der Waals surface area contributed by atoms with Gasteiger partial charge in [-0.2, -0.15) is 0 Å². The van der Waals surface area contributed by atoms with Crippen LogP contribution in [0.2, 0.25) is 10.2 Å². The number of hydrogen-bond acceptors (Lipinski definition) is 7. The van der Waals surface area contributed by atoms with Crippen LogP contribution in [0.1, 0.15) is 24.4 Å². The van der Waals surface area contributed by atoms with Crippen molar-refractivity contribution in [3.05, 3.63) is 64.4 Å². The van der Waals surface area contributed by atoms with Crippen molar-refractivity contribution in [2.75, 3.05) is 18.0 Å². The first kappa shape index (κ1) is 23.3. The highest BCUT2D eigenvalue weighted by atomic mass is 35.5. The molecule has 11 heteroatoms. The zero-order chi connectivity index (χ0) is 21.6. The van der Waals surface area contributed by atoms with Crippen molar-refractivity contribution >= 4 is 53.2 Å². The molecule has 1 spiro atoms. The van der Waals surface area contributed by atoms with Gasteiger partial charge in [-0.3, -0.25) is 0 Å². The number of anilines is 1. The summed E-state index contributed by atoms with van der Waals surface area (Å²) in [5.74, 6) is 0.703. The number of nitrogens with two attached hydrogens (primary N) is 1. The van der Waals surface area contributed by atoms with E-state index in [1.807, 2.05) is 6.07 Å². The normalized spacial score (nSPS) is 18.8. The van der Waals surface area contributed by atoms with Gasteiger partial charge in [0.15, 0.2) is 11.6 Å². The van der Waals surface area contributed by atoms with E-state index >= 15 is 0 Å². The molecule has 3 aromatic rings. The topological polar surface area (TPSA) is 77.2 Å². The van der Waals surface area contributed by atoms with E-state index in [1.54, 1.807) is 30.7 Å². The number of benzene rings is 1. The highest BCUT2D eigenvalue weighted by Crippen LogP contribution is 2.48. The summed E-state index contributed by atoms with van der Waals surface area (Å²) in [7, 11) is 0. The van der Waals surface area contributed by atoms with Crippen LogP contribution in [0.4, 0.5) is 10.2 Å². The largest absolute Gasteiger partial charge is 0.482 e. The molecule has 0 aliphatic carbocycles. The first-order valence-corrected chi connectivity index (χ1v) is 11.3. The van der Waals surface area contributed by atoms with Crippen LogP contribution in [-0.2, 0) is 0 Å². The molecule has 0 unspecified atom stereocenters. The number of fused-ring (bicyclic) bond motifs is 1. The number of hydrogen-bond donors (Lipinski definition) is 1. The zero-order valence-electron chi connectivity index (χ0n) is 16.7. The molecular weight excluding hydrogens is 496 g/mol. The van der Waals surface area contributed by atoms with E-state index in [0.29, 0.717) is 41.7 Å². The number of halogens is 4. The van der Waals surface area contributed by atoms with Crippen LogP contribution in [0.15, 0.2) is 52.8 Å². The molecule has 0 amide bonds. The molecule has 168 valence electrons. The van der Waals surface area contributed by atoms with E-state index in [4.69, 9.17) is 33.7 Å². The van der Waals surface area contributed by atoms with Gasteiger partial charge in [0.25, 0.3) is 0 Å². The number of ether oxygens (including phenoxy) is 1. The highest BCUT2D eigenvalue weighted by molar-refractivity contribution is 7.99. The second-order valence-electron chi connectivity index (χ2n) is 7.52. The minimum absolute atomic E-state index is 0. The Morgan fingerprint density at radius 2 is 1.91 bits per heavy atom. The van der Waals surface area contributed by atoms with Crippen molar-refractivity contribution in [2.24, 2.45) is 5.73 Å². The van der Waals surface area contributed by atoms with Gasteiger partial charge in [-0.1, -0.05) is 47.1 Å². The Bertz CT molecular complexity index is 1130. The molecule has 1 saturated heterocycles. The van der Waals surface area contributed by atoms with Crippen LogP contribution in [-0.4, -0.2) is 33.6 Å². The molecule has 2 aliphatic rings. The summed E-state index contributed by atoms with van der Waals surface area (Å²) in [5.41, 5.74) is 6.62. The van der Waals surface area contributed by atoms with Crippen LogP contribution in [0, 0.1) is 5.82 Å². The number of aromatic nitrogens is 3. The maximum absolute atomic E-state index is 14.2. The SMILES string of the molecule is Cl.N[C@@H]1c2cccc(F)c2OC12CCN(c1cnc(Sc3ccnc(Cl)c3Cl)cn1)CC2. The Balaban J connectivity index is 0.00000245. The zero-order valence-corrected chi connectivity index (χ0v) is 19.8. The lowest BCUT2D eigenvalue weighted by Crippen LogP contribution is -2.51. The molecule has 1 fully saturated rings. The third-order valence-corrected chi connectivity index (χ3v) is 7.64. The summed E-state index contributed by atoms with van der Waals surface area (Å²) in [6.07, 6.45) is 6.39. The molecule has 0 bridgehead atoms. The number of pyridine rings is 1. The molecular formula is C21H19Cl3FN5OS. The summed E-state index contributed by atoms with van der Waals surface area (Å²) in [5, 5.41) is 1.35. The van der Waals surface area contributed by atoms with Crippen molar-refractivity contribution < 1.29 is 9.13 Å². The van der Waals surface area contributed by atoms with Gasteiger partial charge < -0.3 is 15.4 Å². The van der Waals surface area contributed by atoms with Crippen molar-refractivity contribution in [3.8, 4) is 5.75 Å². The molecule has 0 radical (unpaired) electrons. The fourth-order valence-corrected chi connectivity index (χ4v) is 5.27. The Hall–Kier alpha value is -1.84. The molecule has 2 N–H and O–H groups in total. The number of rotatable bonds is 3. The van der Waals surface area contributed by atoms with Gasteiger partial charge in [-0.25, -0.2) is 19.3 Å². The molecule has 1 aromatic carbocycles. The Kier molecular flexibility index (Phi) is 6.70. The molecule has 32 heavy (non-hydrogen) atoms. The van der Waals surface area contributed by atoms with Crippen LogP contribution in [0.5, 0.6) is 5.75 Å². The van der Waals surface area contributed by atoms with E-state index in [2.05, 4.69) is 19.9 Å². The van der Waals surface area contributed by atoms with Crippen molar-refractivity contribution in [2.45, 2.75) is 34.4 Å². The fraction of sp³-hybridized carbons (Fsp3) is 0.286. The first-order chi connectivity index (χ1) is 15.0. The predicted molar refractivity (Wildman–Crippen MR) is 126 cm³/mol. The summed E-state index contributed by atoms with van der Waals surface area (Å²) >= 11 is 13.5. The Labute approximate surface area is 205 Å². The van der Waals surface area contributed by atoms with Gasteiger partial charge in [-0.05, 0) is 12.1 Å². The molecule has 4 heterocycles. The van der Waals surface area contributed by atoms with E-state index in [9.17, 15) is 4.39 Å². The van der Waals surface area contributed by atoms with Crippen LogP contribution in [0.3, 0.4) is 0 Å². The number of piperidine rings is 1. The maximum atomic E-state index is 14.2.